The van der Waals surface area contributed by atoms with E-state index in [9.17, 15) is 14.9 Å². The summed E-state index contributed by atoms with van der Waals surface area (Å²) in [6.45, 7) is 6.14. The van der Waals surface area contributed by atoms with Crippen LogP contribution in [0.1, 0.15) is 30.5 Å². The molecule has 4 rings (SSSR count). The van der Waals surface area contributed by atoms with Gasteiger partial charge in [-0.25, -0.2) is 0 Å². The molecule has 2 N–H and O–H groups in total. The Morgan fingerprint density at radius 2 is 2.00 bits per heavy atom. The van der Waals surface area contributed by atoms with Gasteiger partial charge in [-0.2, -0.15) is 0 Å². The number of anilines is 1. The first-order valence-corrected chi connectivity index (χ1v) is 8.99. The summed E-state index contributed by atoms with van der Waals surface area (Å²) < 4.78 is 6.48. The molecule has 0 saturated carbocycles. The minimum absolute atomic E-state index is 0.00142. The number of ether oxygens (including phenoxy) is 1. The molecule has 1 spiro atoms. The average molecular weight is 379 g/mol. The van der Waals surface area contributed by atoms with Gasteiger partial charge in [0, 0.05) is 23.4 Å². The lowest BCUT2D eigenvalue weighted by Gasteiger charge is -2.46. The molecule has 2 heterocycles. The van der Waals surface area contributed by atoms with E-state index in [1.165, 1.54) is 12.1 Å². The van der Waals surface area contributed by atoms with Crippen molar-refractivity contribution in [1.29, 1.82) is 0 Å². The molecule has 2 aromatic rings. The van der Waals surface area contributed by atoms with Crippen molar-refractivity contribution in [3.05, 3.63) is 69.3 Å². The molecule has 28 heavy (non-hydrogen) atoms. The second-order valence-corrected chi connectivity index (χ2v) is 7.81. The van der Waals surface area contributed by atoms with Gasteiger partial charge < -0.3 is 15.4 Å². The van der Waals surface area contributed by atoms with E-state index in [0.29, 0.717) is 11.3 Å². The van der Waals surface area contributed by atoms with Gasteiger partial charge in [-0.1, -0.05) is 17.7 Å². The summed E-state index contributed by atoms with van der Waals surface area (Å²) in [6, 6.07) is 10.6. The molecule has 2 aromatic carbocycles. The monoisotopic (exact) mass is 379 g/mol. The summed E-state index contributed by atoms with van der Waals surface area (Å²) in [4.78, 5) is 24.4. The van der Waals surface area contributed by atoms with Gasteiger partial charge in [-0.15, -0.1) is 0 Å². The third-order valence-corrected chi connectivity index (χ3v) is 5.69. The van der Waals surface area contributed by atoms with Crippen LogP contribution in [0, 0.1) is 17.0 Å². The number of nitro groups is 1. The van der Waals surface area contributed by atoms with Crippen LogP contribution in [0.25, 0.3) is 6.08 Å². The number of fused-ring (bicyclic) bond motifs is 2. The van der Waals surface area contributed by atoms with Crippen molar-refractivity contribution in [2.45, 2.75) is 31.9 Å². The van der Waals surface area contributed by atoms with Crippen LogP contribution in [0.4, 0.5) is 11.4 Å². The SMILES string of the molecule is Cc1ccc2c(c1)C(C)(C)[C@@]1(C=Cc3cc([N+](=O)[O-])ccc3O1)N2CC(N)=O. The zero-order valence-electron chi connectivity index (χ0n) is 15.9. The first kappa shape index (κ1) is 18.0. The maximum Gasteiger partial charge on any atom is 0.270 e. The first-order valence-electron chi connectivity index (χ1n) is 8.99. The minimum atomic E-state index is -0.971. The molecule has 7 nitrogen and oxygen atoms in total. The van der Waals surface area contributed by atoms with Crippen LogP contribution in [0.3, 0.4) is 0 Å². The number of primary amides is 1. The van der Waals surface area contributed by atoms with Gasteiger partial charge in [-0.3, -0.25) is 14.9 Å². The smallest absolute Gasteiger partial charge is 0.270 e. The number of carbonyl (C=O) groups excluding carboxylic acids is 1. The van der Waals surface area contributed by atoms with Crippen LogP contribution < -0.4 is 15.4 Å². The van der Waals surface area contributed by atoms with Crippen molar-refractivity contribution < 1.29 is 14.5 Å². The number of hydrogen-bond donors (Lipinski definition) is 1. The van der Waals surface area contributed by atoms with E-state index in [0.717, 1.165) is 16.8 Å². The van der Waals surface area contributed by atoms with Crippen LogP contribution in [0.5, 0.6) is 5.75 Å². The van der Waals surface area contributed by atoms with Gasteiger partial charge >= 0.3 is 0 Å². The lowest BCUT2D eigenvalue weighted by atomic mass is 9.76. The number of non-ortho nitro benzene ring substituents is 1. The fraction of sp³-hybridized carbons (Fsp3) is 0.286. The topological polar surface area (TPSA) is 98.7 Å². The molecule has 0 bridgehead atoms. The Morgan fingerprint density at radius 1 is 1.25 bits per heavy atom. The number of nitro benzene ring substituents is 1. The molecule has 0 radical (unpaired) electrons. The quantitative estimate of drug-likeness (QED) is 0.652. The first-order chi connectivity index (χ1) is 13.2. The van der Waals surface area contributed by atoms with Gasteiger partial charge in [0.05, 0.1) is 10.3 Å². The van der Waals surface area contributed by atoms with Gasteiger partial charge in [0.25, 0.3) is 5.69 Å². The third kappa shape index (κ3) is 2.39. The summed E-state index contributed by atoms with van der Waals surface area (Å²) in [6.07, 6.45) is 3.69. The summed E-state index contributed by atoms with van der Waals surface area (Å²) >= 11 is 0. The van der Waals surface area contributed by atoms with E-state index < -0.39 is 22.0 Å². The Kier molecular flexibility index (Phi) is 3.75. The van der Waals surface area contributed by atoms with E-state index in [4.69, 9.17) is 10.5 Å². The Labute approximate surface area is 162 Å². The van der Waals surface area contributed by atoms with Crippen molar-refractivity contribution in [2.75, 3.05) is 11.4 Å². The normalized spacial score (nSPS) is 21.2. The molecule has 0 aliphatic carbocycles. The molecular formula is C21H21N3O4. The molecule has 2 aliphatic heterocycles. The Bertz CT molecular complexity index is 1040. The number of nitrogens with zero attached hydrogens (tertiary/aromatic N) is 2. The van der Waals surface area contributed by atoms with E-state index in [1.807, 2.05) is 36.1 Å². The van der Waals surface area contributed by atoms with Crippen molar-refractivity contribution in [1.82, 2.24) is 0 Å². The number of rotatable bonds is 3. The van der Waals surface area contributed by atoms with Crippen LogP contribution >= 0.6 is 0 Å². The average Bonchev–Trinajstić information content (AvgIpc) is 2.79. The number of benzene rings is 2. The van der Waals surface area contributed by atoms with Crippen molar-refractivity contribution in [3.8, 4) is 5.75 Å². The van der Waals surface area contributed by atoms with E-state index in [1.54, 1.807) is 6.07 Å². The minimum Gasteiger partial charge on any atom is -0.463 e. The van der Waals surface area contributed by atoms with Crippen molar-refractivity contribution in [3.63, 3.8) is 0 Å². The Hall–Kier alpha value is -3.35. The summed E-state index contributed by atoms with van der Waals surface area (Å²) in [5.41, 5.74) is 7.77. The predicted octanol–water partition coefficient (Wildman–Crippen LogP) is 3.29. The molecule has 0 saturated heterocycles. The van der Waals surface area contributed by atoms with Gasteiger partial charge in [0.1, 0.15) is 12.3 Å². The van der Waals surface area contributed by atoms with Crippen LogP contribution in [-0.4, -0.2) is 23.1 Å². The predicted molar refractivity (Wildman–Crippen MR) is 106 cm³/mol. The van der Waals surface area contributed by atoms with Crippen molar-refractivity contribution >= 4 is 23.4 Å². The van der Waals surface area contributed by atoms with E-state index >= 15 is 0 Å². The van der Waals surface area contributed by atoms with Gasteiger partial charge in [-0.05, 0) is 50.6 Å². The highest BCUT2D eigenvalue weighted by Crippen LogP contribution is 2.55. The van der Waals surface area contributed by atoms with Gasteiger partial charge in [0.15, 0.2) is 0 Å². The molecule has 0 fully saturated rings. The molecule has 144 valence electrons. The third-order valence-electron chi connectivity index (χ3n) is 5.69. The molecule has 7 heteroatoms. The Morgan fingerprint density at radius 3 is 2.68 bits per heavy atom. The highest BCUT2D eigenvalue weighted by molar-refractivity contribution is 5.83. The van der Waals surface area contributed by atoms with Crippen LogP contribution in [-0.2, 0) is 10.2 Å². The van der Waals surface area contributed by atoms with Crippen LogP contribution in [0.2, 0.25) is 0 Å². The number of aryl methyl sites for hydroxylation is 1. The maximum atomic E-state index is 11.9. The molecule has 1 amide bonds. The lowest BCUT2D eigenvalue weighted by molar-refractivity contribution is -0.384. The van der Waals surface area contributed by atoms with Crippen molar-refractivity contribution in [2.24, 2.45) is 5.73 Å². The summed E-state index contributed by atoms with van der Waals surface area (Å²) in [5.74, 6) is 0.0651. The Balaban J connectivity index is 1.89. The highest BCUT2D eigenvalue weighted by Gasteiger charge is 2.59. The molecule has 1 atom stereocenters. The lowest BCUT2D eigenvalue weighted by Crippen LogP contribution is -2.61. The highest BCUT2D eigenvalue weighted by atomic mass is 16.6. The fourth-order valence-corrected chi connectivity index (χ4v) is 4.21. The molecule has 0 unspecified atom stereocenters. The standard InChI is InChI=1S/C21H21N3O4/c1-13-4-6-17-16(10-13)20(2,3)21(23(17)12-19(22)25)9-8-14-11-15(24(26)27)5-7-18(14)28-21/h4-11H,12H2,1-3H3,(H2,22,25)/t21-/m0/s1. The maximum absolute atomic E-state index is 11.9. The summed E-state index contributed by atoms with van der Waals surface area (Å²) in [7, 11) is 0. The second kappa shape index (κ2) is 5.82. The molecule has 2 aliphatic rings. The molecular weight excluding hydrogens is 358 g/mol. The second-order valence-electron chi connectivity index (χ2n) is 7.81. The fourth-order valence-electron chi connectivity index (χ4n) is 4.21. The number of hydrogen-bond acceptors (Lipinski definition) is 5. The van der Waals surface area contributed by atoms with Crippen LogP contribution in [0.15, 0.2) is 42.5 Å². The van der Waals surface area contributed by atoms with E-state index in [2.05, 4.69) is 19.9 Å². The largest absolute Gasteiger partial charge is 0.463 e. The molecule has 0 aromatic heterocycles. The van der Waals surface area contributed by atoms with E-state index in [-0.39, 0.29) is 12.2 Å². The zero-order valence-corrected chi connectivity index (χ0v) is 15.9. The van der Waals surface area contributed by atoms with Gasteiger partial charge in [0.2, 0.25) is 11.6 Å². The number of carbonyl (C=O) groups is 1. The zero-order chi connectivity index (χ0) is 20.3. The summed E-state index contributed by atoms with van der Waals surface area (Å²) in [5, 5.41) is 11.1. The number of amides is 1. The number of nitrogens with two attached hydrogens (primary N) is 1.